The van der Waals surface area contributed by atoms with Gasteiger partial charge in [0.15, 0.2) is 0 Å². The SMILES string of the molecule is C[C@H]1c2ccsc2CCN1CC(=O)NCCCc1ccccc1. The van der Waals surface area contributed by atoms with Crippen LogP contribution >= 0.6 is 11.3 Å². The Morgan fingerprint density at radius 2 is 2.13 bits per heavy atom. The third kappa shape index (κ3) is 4.21. The summed E-state index contributed by atoms with van der Waals surface area (Å²) in [5.74, 6) is 0.142. The van der Waals surface area contributed by atoms with Gasteiger partial charge in [-0.25, -0.2) is 0 Å². The molecule has 1 aliphatic heterocycles. The van der Waals surface area contributed by atoms with Crippen LogP contribution in [-0.4, -0.2) is 30.4 Å². The third-order valence-corrected chi connectivity index (χ3v) is 5.55. The number of carbonyl (C=O) groups excluding carboxylic acids is 1. The number of aryl methyl sites for hydroxylation is 1. The van der Waals surface area contributed by atoms with Crippen molar-refractivity contribution in [1.29, 1.82) is 0 Å². The molecule has 2 heterocycles. The first-order valence-electron chi connectivity index (χ1n) is 8.35. The van der Waals surface area contributed by atoms with E-state index in [1.54, 1.807) is 0 Å². The maximum Gasteiger partial charge on any atom is 0.234 e. The Hall–Kier alpha value is -1.65. The predicted molar refractivity (Wildman–Crippen MR) is 95.8 cm³/mol. The number of nitrogens with zero attached hydrogens (tertiary/aromatic N) is 1. The Labute approximate surface area is 142 Å². The van der Waals surface area contributed by atoms with E-state index in [1.807, 2.05) is 17.4 Å². The second-order valence-corrected chi connectivity index (χ2v) is 7.14. The molecule has 1 atom stereocenters. The lowest BCUT2D eigenvalue weighted by Crippen LogP contribution is -2.41. The number of hydrogen-bond donors (Lipinski definition) is 1. The van der Waals surface area contributed by atoms with Crippen LogP contribution in [0.25, 0.3) is 0 Å². The van der Waals surface area contributed by atoms with Crippen LogP contribution in [0.3, 0.4) is 0 Å². The zero-order valence-electron chi connectivity index (χ0n) is 13.6. The van der Waals surface area contributed by atoms with E-state index in [2.05, 4.69) is 52.9 Å². The molecule has 122 valence electrons. The van der Waals surface area contributed by atoms with Crippen molar-refractivity contribution in [3.05, 3.63) is 57.8 Å². The molecular weight excluding hydrogens is 304 g/mol. The highest BCUT2D eigenvalue weighted by Gasteiger charge is 2.25. The standard InChI is InChI=1S/C19H24N2OS/c1-15-17-10-13-23-18(17)9-12-21(15)14-19(22)20-11-5-8-16-6-3-2-4-7-16/h2-4,6-7,10,13,15H,5,8-9,11-12,14H2,1H3,(H,20,22)/t15-/m0/s1. The fraction of sp³-hybridized carbons (Fsp3) is 0.421. The van der Waals surface area contributed by atoms with Gasteiger partial charge in [-0.1, -0.05) is 30.3 Å². The van der Waals surface area contributed by atoms with Crippen LogP contribution in [0.15, 0.2) is 41.8 Å². The minimum absolute atomic E-state index is 0.142. The largest absolute Gasteiger partial charge is 0.355 e. The number of benzene rings is 1. The number of thiophene rings is 1. The average Bonchev–Trinajstić information content (AvgIpc) is 3.05. The minimum atomic E-state index is 0.142. The van der Waals surface area contributed by atoms with Crippen LogP contribution in [0.1, 0.15) is 35.4 Å². The van der Waals surface area contributed by atoms with E-state index < -0.39 is 0 Å². The van der Waals surface area contributed by atoms with Gasteiger partial charge in [0.1, 0.15) is 0 Å². The third-order valence-electron chi connectivity index (χ3n) is 4.56. The molecule has 0 saturated carbocycles. The molecule has 0 aliphatic carbocycles. The molecule has 1 amide bonds. The quantitative estimate of drug-likeness (QED) is 0.824. The van der Waals surface area contributed by atoms with Crippen LogP contribution < -0.4 is 5.32 Å². The lowest BCUT2D eigenvalue weighted by Gasteiger charge is -2.32. The molecule has 4 heteroatoms. The highest BCUT2D eigenvalue weighted by molar-refractivity contribution is 7.10. The summed E-state index contributed by atoms with van der Waals surface area (Å²) in [5, 5.41) is 5.22. The Morgan fingerprint density at radius 1 is 1.30 bits per heavy atom. The smallest absolute Gasteiger partial charge is 0.234 e. The molecule has 0 unspecified atom stereocenters. The summed E-state index contributed by atoms with van der Waals surface area (Å²) >= 11 is 1.84. The fourth-order valence-electron chi connectivity index (χ4n) is 3.18. The predicted octanol–water partition coefficient (Wildman–Crippen LogP) is 3.42. The molecule has 3 nitrogen and oxygen atoms in total. The van der Waals surface area contributed by atoms with Crippen molar-refractivity contribution in [2.75, 3.05) is 19.6 Å². The van der Waals surface area contributed by atoms with Crippen LogP contribution in [-0.2, 0) is 17.6 Å². The molecule has 0 fully saturated rings. The number of hydrogen-bond acceptors (Lipinski definition) is 3. The molecule has 1 aromatic heterocycles. The van der Waals surface area contributed by atoms with Crippen molar-refractivity contribution >= 4 is 17.2 Å². The summed E-state index contributed by atoms with van der Waals surface area (Å²) < 4.78 is 0. The summed E-state index contributed by atoms with van der Waals surface area (Å²) in [6.07, 6.45) is 3.07. The lowest BCUT2D eigenvalue weighted by atomic mass is 10.0. The topological polar surface area (TPSA) is 32.3 Å². The van der Waals surface area contributed by atoms with E-state index in [4.69, 9.17) is 0 Å². The van der Waals surface area contributed by atoms with Crippen molar-refractivity contribution in [2.24, 2.45) is 0 Å². The zero-order chi connectivity index (χ0) is 16.1. The summed E-state index contributed by atoms with van der Waals surface area (Å²) in [6, 6.07) is 13.0. The van der Waals surface area contributed by atoms with Crippen molar-refractivity contribution < 1.29 is 4.79 Å². The van der Waals surface area contributed by atoms with Crippen LogP contribution in [0.2, 0.25) is 0 Å². The van der Waals surface area contributed by atoms with Gasteiger partial charge in [-0.2, -0.15) is 0 Å². The van der Waals surface area contributed by atoms with Gasteiger partial charge in [0.05, 0.1) is 6.54 Å². The Morgan fingerprint density at radius 3 is 2.96 bits per heavy atom. The van der Waals surface area contributed by atoms with E-state index in [0.29, 0.717) is 12.6 Å². The van der Waals surface area contributed by atoms with Gasteiger partial charge in [-0.05, 0) is 48.8 Å². The van der Waals surface area contributed by atoms with E-state index in [0.717, 1.165) is 32.4 Å². The van der Waals surface area contributed by atoms with Crippen molar-refractivity contribution in [3.8, 4) is 0 Å². The monoisotopic (exact) mass is 328 g/mol. The lowest BCUT2D eigenvalue weighted by molar-refractivity contribution is -0.122. The minimum Gasteiger partial charge on any atom is -0.355 e. The number of fused-ring (bicyclic) bond motifs is 1. The summed E-state index contributed by atoms with van der Waals surface area (Å²) in [6.45, 7) is 4.43. The highest BCUT2D eigenvalue weighted by atomic mass is 32.1. The van der Waals surface area contributed by atoms with E-state index >= 15 is 0 Å². The summed E-state index contributed by atoms with van der Waals surface area (Å²) in [5.41, 5.74) is 2.73. The number of nitrogens with one attached hydrogen (secondary N) is 1. The molecule has 0 bridgehead atoms. The second kappa shape index (κ2) is 7.75. The van der Waals surface area contributed by atoms with E-state index in [9.17, 15) is 4.79 Å². The molecule has 23 heavy (non-hydrogen) atoms. The zero-order valence-corrected chi connectivity index (χ0v) is 14.4. The number of rotatable bonds is 6. The molecule has 1 aromatic carbocycles. The Bertz CT molecular complexity index is 638. The molecule has 1 aliphatic rings. The van der Waals surface area contributed by atoms with Crippen LogP contribution in [0.4, 0.5) is 0 Å². The average molecular weight is 328 g/mol. The maximum atomic E-state index is 12.2. The van der Waals surface area contributed by atoms with Gasteiger partial charge in [-0.15, -0.1) is 11.3 Å². The fourth-order valence-corrected chi connectivity index (χ4v) is 4.15. The number of carbonyl (C=O) groups is 1. The first-order chi connectivity index (χ1) is 11.2. The van der Waals surface area contributed by atoms with Crippen molar-refractivity contribution in [2.45, 2.75) is 32.2 Å². The van der Waals surface area contributed by atoms with Gasteiger partial charge >= 0.3 is 0 Å². The summed E-state index contributed by atoms with van der Waals surface area (Å²) in [7, 11) is 0. The molecule has 2 aromatic rings. The van der Waals surface area contributed by atoms with Gasteiger partial charge < -0.3 is 5.32 Å². The number of amides is 1. The van der Waals surface area contributed by atoms with Gasteiger partial charge in [0.2, 0.25) is 5.91 Å². The van der Waals surface area contributed by atoms with Gasteiger partial charge in [0, 0.05) is 24.0 Å². The van der Waals surface area contributed by atoms with Crippen molar-refractivity contribution in [3.63, 3.8) is 0 Å². The van der Waals surface area contributed by atoms with Gasteiger partial charge in [0.25, 0.3) is 0 Å². The van der Waals surface area contributed by atoms with Gasteiger partial charge in [-0.3, -0.25) is 9.69 Å². The molecule has 0 saturated heterocycles. The first-order valence-corrected chi connectivity index (χ1v) is 9.23. The summed E-state index contributed by atoms with van der Waals surface area (Å²) in [4.78, 5) is 15.9. The molecule has 0 spiro atoms. The van der Waals surface area contributed by atoms with Crippen molar-refractivity contribution in [1.82, 2.24) is 10.2 Å². The van der Waals surface area contributed by atoms with Crippen LogP contribution in [0, 0.1) is 0 Å². The van der Waals surface area contributed by atoms with Crippen LogP contribution in [0.5, 0.6) is 0 Å². The molecule has 1 N–H and O–H groups in total. The normalized spacial score (nSPS) is 17.7. The van der Waals surface area contributed by atoms with E-state index in [1.165, 1.54) is 16.0 Å². The molecular formula is C19H24N2OS. The molecule has 3 rings (SSSR count). The maximum absolute atomic E-state index is 12.2. The highest BCUT2D eigenvalue weighted by Crippen LogP contribution is 2.32. The van der Waals surface area contributed by atoms with E-state index in [-0.39, 0.29) is 5.91 Å². The second-order valence-electron chi connectivity index (χ2n) is 6.13. The molecule has 0 radical (unpaired) electrons. The Kier molecular flexibility index (Phi) is 5.47. The Balaban J connectivity index is 1.40. The first kappa shape index (κ1) is 16.2.